The summed E-state index contributed by atoms with van der Waals surface area (Å²) < 4.78 is 2.26. The summed E-state index contributed by atoms with van der Waals surface area (Å²) in [5.41, 5.74) is 12.9. The predicted octanol–water partition coefficient (Wildman–Crippen LogP) is 5.16. The van der Waals surface area contributed by atoms with Gasteiger partial charge in [0.25, 0.3) is 5.91 Å². The third-order valence-electron chi connectivity index (χ3n) is 5.55. The highest BCUT2D eigenvalue weighted by molar-refractivity contribution is 6.02. The monoisotopic (exact) mass is 390 g/mol. The molecule has 1 aromatic heterocycles. The summed E-state index contributed by atoms with van der Waals surface area (Å²) in [7, 11) is 0. The van der Waals surface area contributed by atoms with Gasteiger partial charge in [0, 0.05) is 23.5 Å². The van der Waals surface area contributed by atoms with Crippen LogP contribution in [0, 0.1) is 13.8 Å². The molecule has 4 nitrogen and oxygen atoms in total. The van der Waals surface area contributed by atoms with Crippen molar-refractivity contribution in [3.05, 3.63) is 76.6 Å². The molecule has 3 N–H and O–H groups in total. The van der Waals surface area contributed by atoms with Crippen LogP contribution in [0.4, 0.5) is 0 Å². The van der Waals surface area contributed by atoms with Crippen molar-refractivity contribution in [1.29, 1.82) is 0 Å². The molecule has 3 rings (SSSR count). The van der Waals surface area contributed by atoms with E-state index in [0.717, 1.165) is 54.6 Å². The maximum Gasteiger partial charge on any atom is 0.251 e. The molecule has 1 amide bonds. The van der Waals surface area contributed by atoms with Gasteiger partial charge in [-0.15, -0.1) is 0 Å². The predicted molar refractivity (Wildman–Crippen MR) is 118 cm³/mol. The molecule has 0 unspecified atom stereocenters. The van der Waals surface area contributed by atoms with Gasteiger partial charge in [-0.25, -0.2) is 0 Å². The topological polar surface area (TPSA) is 68.2 Å². The van der Waals surface area contributed by atoms with Crippen molar-refractivity contribution in [3.8, 4) is 16.9 Å². The fourth-order valence-electron chi connectivity index (χ4n) is 3.94. The number of primary amides is 1. The first kappa shape index (κ1) is 20.7. The first-order valence-corrected chi connectivity index (χ1v) is 10.3. The number of unbranched alkanes of at least 4 members (excludes halogenated alkanes) is 1. The van der Waals surface area contributed by atoms with Gasteiger partial charge in [0.1, 0.15) is 5.75 Å². The molecular formula is C25H30N2O2. The second-order valence-corrected chi connectivity index (χ2v) is 7.68. The number of nitrogens with zero attached hydrogens (tertiary/aromatic N) is 1. The van der Waals surface area contributed by atoms with Crippen LogP contribution >= 0.6 is 0 Å². The summed E-state index contributed by atoms with van der Waals surface area (Å²) in [6.07, 6.45) is 3.87. The molecule has 4 heteroatoms. The summed E-state index contributed by atoms with van der Waals surface area (Å²) in [6.45, 7) is 6.99. The minimum Gasteiger partial charge on any atom is -0.508 e. The van der Waals surface area contributed by atoms with E-state index < -0.39 is 0 Å². The first-order chi connectivity index (χ1) is 13.9. The summed E-state index contributed by atoms with van der Waals surface area (Å²) in [5.74, 6) is -0.105. The normalized spacial score (nSPS) is 11.0. The van der Waals surface area contributed by atoms with Gasteiger partial charge >= 0.3 is 0 Å². The van der Waals surface area contributed by atoms with E-state index in [0.29, 0.717) is 5.56 Å². The number of aryl methyl sites for hydroxylation is 2. The lowest BCUT2D eigenvalue weighted by atomic mass is 9.97. The molecule has 0 spiro atoms. The third kappa shape index (κ3) is 4.53. The van der Waals surface area contributed by atoms with Crippen molar-refractivity contribution in [1.82, 2.24) is 4.57 Å². The van der Waals surface area contributed by atoms with Gasteiger partial charge in [-0.3, -0.25) is 4.79 Å². The number of nitrogens with two attached hydrogens (primary N) is 1. The number of benzene rings is 2. The van der Waals surface area contributed by atoms with Crippen molar-refractivity contribution in [2.24, 2.45) is 5.73 Å². The van der Waals surface area contributed by atoms with E-state index in [9.17, 15) is 9.90 Å². The fraction of sp³-hybridized carbons (Fsp3) is 0.320. The van der Waals surface area contributed by atoms with Crippen LogP contribution in [0.5, 0.6) is 5.75 Å². The minimum absolute atomic E-state index is 0.271. The zero-order chi connectivity index (χ0) is 21.0. The highest BCUT2D eigenvalue weighted by Crippen LogP contribution is 2.34. The molecule has 0 saturated carbocycles. The lowest BCUT2D eigenvalue weighted by molar-refractivity contribution is 0.1000. The van der Waals surface area contributed by atoms with Crippen molar-refractivity contribution in [2.45, 2.75) is 53.0 Å². The zero-order valence-corrected chi connectivity index (χ0v) is 17.5. The molecular weight excluding hydrogens is 360 g/mol. The average Bonchev–Trinajstić information content (AvgIpc) is 2.98. The minimum atomic E-state index is -0.376. The maximum atomic E-state index is 12.4. The van der Waals surface area contributed by atoms with Gasteiger partial charge in [-0.1, -0.05) is 55.3 Å². The molecule has 0 aliphatic carbocycles. The lowest BCUT2D eigenvalue weighted by Crippen LogP contribution is -2.14. The second kappa shape index (κ2) is 8.99. The number of phenols is 1. The Labute approximate surface area is 173 Å². The first-order valence-electron chi connectivity index (χ1n) is 10.3. The van der Waals surface area contributed by atoms with Crippen LogP contribution in [0.25, 0.3) is 11.1 Å². The van der Waals surface area contributed by atoms with Gasteiger partial charge in [-0.05, 0) is 56.4 Å². The molecule has 2 aromatic carbocycles. The smallest absolute Gasteiger partial charge is 0.251 e. The van der Waals surface area contributed by atoms with Gasteiger partial charge in [0.05, 0.1) is 5.56 Å². The van der Waals surface area contributed by atoms with Crippen LogP contribution in [0.2, 0.25) is 0 Å². The summed E-state index contributed by atoms with van der Waals surface area (Å²) in [6, 6.07) is 15.6. The molecule has 29 heavy (non-hydrogen) atoms. The number of phenolic OH excluding ortho intramolecular Hbond substituents is 1. The Balaban J connectivity index is 2.08. The van der Waals surface area contributed by atoms with Crippen LogP contribution in [-0.2, 0) is 19.4 Å². The number of amides is 1. The standard InChI is InChI=1S/C25H30N2O2/c1-4-5-6-22-24(20-11-7-17(2)8-12-20)23(25(26)29)18(3)27(22)16-15-19-9-13-21(28)14-10-19/h7-14,28H,4-6,15-16H2,1-3H3,(H2,26,29). The quantitative estimate of drug-likeness (QED) is 0.558. The summed E-state index contributed by atoms with van der Waals surface area (Å²) in [5, 5.41) is 9.52. The van der Waals surface area contributed by atoms with E-state index in [-0.39, 0.29) is 11.7 Å². The molecule has 152 valence electrons. The number of aromatic hydroxyl groups is 1. The number of carbonyl (C=O) groups excluding carboxylic acids is 1. The molecule has 0 atom stereocenters. The Hall–Kier alpha value is -3.01. The van der Waals surface area contributed by atoms with Crippen molar-refractivity contribution >= 4 is 5.91 Å². The molecule has 0 bridgehead atoms. The number of hydrogen-bond donors (Lipinski definition) is 2. The van der Waals surface area contributed by atoms with E-state index in [4.69, 9.17) is 5.73 Å². The lowest BCUT2D eigenvalue weighted by Gasteiger charge is -2.13. The largest absolute Gasteiger partial charge is 0.508 e. The Morgan fingerprint density at radius 1 is 1.00 bits per heavy atom. The number of hydrogen-bond acceptors (Lipinski definition) is 2. The number of rotatable bonds is 8. The van der Waals surface area contributed by atoms with E-state index in [1.807, 2.05) is 19.1 Å². The number of carbonyl (C=O) groups is 1. The van der Waals surface area contributed by atoms with Crippen LogP contribution < -0.4 is 5.73 Å². The van der Waals surface area contributed by atoms with Crippen LogP contribution in [-0.4, -0.2) is 15.6 Å². The molecule has 0 saturated heterocycles. The van der Waals surface area contributed by atoms with Crippen LogP contribution in [0.3, 0.4) is 0 Å². The van der Waals surface area contributed by atoms with Gasteiger partial charge in [-0.2, -0.15) is 0 Å². The van der Waals surface area contributed by atoms with Gasteiger partial charge in [0.15, 0.2) is 0 Å². The van der Waals surface area contributed by atoms with E-state index in [1.54, 1.807) is 12.1 Å². The van der Waals surface area contributed by atoms with E-state index in [1.165, 1.54) is 11.3 Å². The summed E-state index contributed by atoms with van der Waals surface area (Å²) in [4.78, 5) is 12.4. The van der Waals surface area contributed by atoms with Crippen LogP contribution in [0.1, 0.15) is 52.6 Å². The third-order valence-corrected chi connectivity index (χ3v) is 5.55. The Kier molecular flexibility index (Phi) is 6.42. The van der Waals surface area contributed by atoms with Crippen molar-refractivity contribution < 1.29 is 9.90 Å². The summed E-state index contributed by atoms with van der Waals surface area (Å²) >= 11 is 0. The molecule has 0 fully saturated rings. The number of aromatic nitrogens is 1. The van der Waals surface area contributed by atoms with E-state index >= 15 is 0 Å². The van der Waals surface area contributed by atoms with E-state index in [2.05, 4.69) is 42.7 Å². The molecule has 0 radical (unpaired) electrons. The second-order valence-electron chi connectivity index (χ2n) is 7.68. The van der Waals surface area contributed by atoms with Gasteiger partial charge < -0.3 is 15.4 Å². The molecule has 0 aliphatic rings. The molecule has 1 heterocycles. The maximum absolute atomic E-state index is 12.4. The zero-order valence-electron chi connectivity index (χ0n) is 17.5. The molecule has 3 aromatic rings. The van der Waals surface area contributed by atoms with Gasteiger partial charge in [0.2, 0.25) is 0 Å². The van der Waals surface area contributed by atoms with Crippen molar-refractivity contribution in [2.75, 3.05) is 0 Å². The average molecular weight is 391 g/mol. The Morgan fingerprint density at radius 2 is 1.66 bits per heavy atom. The Bertz CT molecular complexity index is 983. The fourth-order valence-corrected chi connectivity index (χ4v) is 3.94. The SMILES string of the molecule is CCCCc1c(-c2ccc(C)cc2)c(C(N)=O)c(C)n1CCc1ccc(O)cc1. The Morgan fingerprint density at radius 3 is 2.24 bits per heavy atom. The van der Waals surface area contributed by atoms with Crippen molar-refractivity contribution in [3.63, 3.8) is 0 Å². The van der Waals surface area contributed by atoms with Crippen LogP contribution in [0.15, 0.2) is 48.5 Å². The highest BCUT2D eigenvalue weighted by atomic mass is 16.3. The highest BCUT2D eigenvalue weighted by Gasteiger charge is 2.24. The molecule has 0 aliphatic heterocycles.